The maximum atomic E-state index is 12.5. The summed E-state index contributed by atoms with van der Waals surface area (Å²) in [6, 6.07) is 1.94. The second-order valence-electron chi connectivity index (χ2n) is 5.78. The third kappa shape index (κ3) is 3.63. The van der Waals surface area contributed by atoms with Crippen LogP contribution in [0.3, 0.4) is 0 Å². The van der Waals surface area contributed by atoms with Crippen molar-refractivity contribution in [3.63, 3.8) is 0 Å². The SMILES string of the molecule is Cc1cc(C(=O)NCCN2CCNCC2)c(C)n1-c1nccs1. The fraction of sp³-hybridized carbons (Fsp3) is 0.500. The van der Waals surface area contributed by atoms with Crippen LogP contribution < -0.4 is 10.6 Å². The molecule has 0 aromatic carbocycles. The van der Waals surface area contributed by atoms with Crippen LogP contribution >= 0.6 is 11.3 Å². The van der Waals surface area contributed by atoms with Gasteiger partial charge in [-0.05, 0) is 19.9 Å². The maximum absolute atomic E-state index is 12.5. The lowest BCUT2D eigenvalue weighted by molar-refractivity contribution is 0.0946. The molecule has 7 heteroatoms. The van der Waals surface area contributed by atoms with E-state index in [1.165, 1.54) is 0 Å². The lowest BCUT2D eigenvalue weighted by Gasteiger charge is -2.27. The smallest absolute Gasteiger partial charge is 0.253 e. The maximum Gasteiger partial charge on any atom is 0.253 e. The van der Waals surface area contributed by atoms with Crippen LogP contribution in [-0.2, 0) is 0 Å². The van der Waals surface area contributed by atoms with E-state index in [1.54, 1.807) is 17.5 Å². The number of aromatic nitrogens is 2. The molecule has 124 valence electrons. The first-order valence-corrected chi connectivity index (χ1v) is 8.85. The molecule has 3 heterocycles. The predicted octanol–water partition coefficient (Wildman–Crippen LogP) is 1.19. The number of hydrogen-bond donors (Lipinski definition) is 2. The first-order chi connectivity index (χ1) is 11.2. The summed E-state index contributed by atoms with van der Waals surface area (Å²) >= 11 is 1.57. The van der Waals surface area contributed by atoms with Gasteiger partial charge < -0.3 is 10.6 Å². The van der Waals surface area contributed by atoms with Gasteiger partial charge in [-0.3, -0.25) is 14.3 Å². The minimum absolute atomic E-state index is 0.00367. The molecule has 0 unspecified atom stereocenters. The number of thiazole rings is 1. The zero-order valence-corrected chi connectivity index (χ0v) is 14.4. The van der Waals surface area contributed by atoms with Gasteiger partial charge in [0.05, 0.1) is 5.56 Å². The van der Waals surface area contributed by atoms with Crippen molar-refractivity contribution in [2.24, 2.45) is 0 Å². The van der Waals surface area contributed by atoms with Crippen molar-refractivity contribution in [3.05, 3.63) is 34.6 Å². The van der Waals surface area contributed by atoms with Crippen LogP contribution in [0, 0.1) is 13.8 Å². The fourth-order valence-corrected chi connectivity index (χ4v) is 3.72. The topological polar surface area (TPSA) is 62.2 Å². The molecule has 6 nitrogen and oxygen atoms in total. The number of carbonyl (C=O) groups is 1. The Bertz CT molecular complexity index is 658. The summed E-state index contributed by atoms with van der Waals surface area (Å²) in [5, 5.41) is 9.22. The van der Waals surface area contributed by atoms with E-state index in [9.17, 15) is 4.79 Å². The van der Waals surface area contributed by atoms with E-state index in [-0.39, 0.29) is 5.91 Å². The molecule has 1 aliphatic heterocycles. The van der Waals surface area contributed by atoms with Gasteiger partial charge in [0.15, 0.2) is 5.13 Å². The van der Waals surface area contributed by atoms with Gasteiger partial charge in [0.25, 0.3) is 5.91 Å². The molecule has 3 rings (SSSR count). The number of carbonyl (C=O) groups excluding carboxylic acids is 1. The van der Waals surface area contributed by atoms with Gasteiger partial charge in [-0.25, -0.2) is 4.98 Å². The van der Waals surface area contributed by atoms with Crippen LogP contribution in [0.25, 0.3) is 5.13 Å². The summed E-state index contributed by atoms with van der Waals surface area (Å²) in [5.41, 5.74) is 2.71. The number of nitrogens with zero attached hydrogens (tertiary/aromatic N) is 3. The second kappa shape index (κ2) is 7.25. The summed E-state index contributed by atoms with van der Waals surface area (Å²) in [4.78, 5) is 19.2. The Morgan fingerprint density at radius 2 is 2.17 bits per heavy atom. The predicted molar refractivity (Wildman–Crippen MR) is 92.6 cm³/mol. The molecule has 0 bridgehead atoms. The Morgan fingerprint density at radius 3 is 2.87 bits per heavy atom. The first kappa shape index (κ1) is 16.2. The van der Waals surface area contributed by atoms with Crippen LogP contribution in [0.1, 0.15) is 21.7 Å². The average molecular weight is 333 g/mol. The molecule has 2 aromatic rings. The third-order valence-electron chi connectivity index (χ3n) is 4.21. The molecule has 0 aliphatic carbocycles. The lowest BCUT2D eigenvalue weighted by atomic mass is 10.2. The van der Waals surface area contributed by atoms with Gasteiger partial charge in [0, 0.05) is 62.2 Å². The summed E-state index contributed by atoms with van der Waals surface area (Å²) in [6.07, 6.45) is 1.78. The fourth-order valence-electron chi connectivity index (χ4n) is 2.97. The number of nitrogens with one attached hydrogen (secondary N) is 2. The van der Waals surface area contributed by atoms with E-state index < -0.39 is 0 Å². The molecule has 1 saturated heterocycles. The first-order valence-electron chi connectivity index (χ1n) is 7.97. The summed E-state index contributed by atoms with van der Waals surface area (Å²) < 4.78 is 2.04. The van der Waals surface area contributed by atoms with E-state index in [1.807, 2.05) is 29.9 Å². The molecule has 1 aliphatic rings. The molecule has 0 spiro atoms. The molecule has 0 radical (unpaired) electrons. The molecule has 23 heavy (non-hydrogen) atoms. The Balaban J connectivity index is 1.62. The van der Waals surface area contributed by atoms with Crippen LogP contribution in [-0.4, -0.2) is 59.6 Å². The van der Waals surface area contributed by atoms with E-state index in [4.69, 9.17) is 0 Å². The summed E-state index contributed by atoms with van der Waals surface area (Å²) in [6.45, 7) is 9.72. The number of piperazine rings is 1. The summed E-state index contributed by atoms with van der Waals surface area (Å²) in [7, 11) is 0. The Hall–Kier alpha value is -1.70. The highest BCUT2D eigenvalue weighted by Gasteiger charge is 2.18. The van der Waals surface area contributed by atoms with E-state index in [0.717, 1.165) is 54.8 Å². The highest BCUT2D eigenvalue weighted by Crippen LogP contribution is 2.22. The highest BCUT2D eigenvalue weighted by atomic mass is 32.1. The van der Waals surface area contributed by atoms with Crippen LogP contribution in [0.15, 0.2) is 17.6 Å². The molecule has 1 fully saturated rings. The minimum Gasteiger partial charge on any atom is -0.351 e. The van der Waals surface area contributed by atoms with Crippen LogP contribution in [0.4, 0.5) is 0 Å². The Morgan fingerprint density at radius 1 is 1.39 bits per heavy atom. The van der Waals surface area contributed by atoms with E-state index in [2.05, 4.69) is 20.5 Å². The van der Waals surface area contributed by atoms with Gasteiger partial charge in [-0.15, -0.1) is 11.3 Å². The quantitative estimate of drug-likeness (QED) is 0.863. The lowest BCUT2D eigenvalue weighted by Crippen LogP contribution is -2.46. The standard InChI is InChI=1S/C16H23N5OS/c1-12-11-14(13(2)21(12)16-19-6-10-23-16)15(22)18-5-9-20-7-3-17-4-8-20/h6,10-11,17H,3-5,7-9H2,1-2H3,(H,18,22). The summed E-state index contributed by atoms with van der Waals surface area (Å²) in [5.74, 6) is -0.00367. The molecular formula is C16H23N5OS. The van der Waals surface area contributed by atoms with Crippen LogP contribution in [0.5, 0.6) is 0 Å². The van der Waals surface area contributed by atoms with Crippen molar-refractivity contribution in [2.75, 3.05) is 39.3 Å². The molecule has 1 amide bonds. The largest absolute Gasteiger partial charge is 0.351 e. The Labute approximate surface area is 140 Å². The molecule has 0 saturated carbocycles. The van der Waals surface area contributed by atoms with Crippen molar-refractivity contribution < 1.29 is 4.79 Å². The van der Waals surface area contributed by atoms with E-state index in [0.29, 0.717) is 6.54 Å². The number of rotatable bonds is 5. The molecular weight excluding hydrogens is 310 g/mol. The molecule has 2 N–H and O–H groups in total. The van der Waals surface area contributed by atoms with Gasteiger partial charge in [0.1, 0.15) is 0 Å². The van der Waals surface area contributed by atoms with Crippen molar-refractivity contribution in [1.82, 2.24) is 25.1 Å². The van der Waals surface area contributed by atoms with Crippen molar-refractivity contribution in [3.8, 4) is 5.13 Å². The molecule has 2 aromatic heterocycles. The van der Waals surface area contributed by atoms with Crippen molar-refractivity contribution in [1.29, 1.82) is 0 Å². The van der Waals surface area contributed by atoms with Gasteiger partial charge in [0.2, 0.25) is 0 Å². The van der Waals surface area contributed by atoms with Crippen molar-refractivity contribution in [2.45, 2.75) is 13.8 Å². The molecule has 0 atom stereocenters. The normalized spacial score (nSPS) is 15.7. The zero-order chi connectivity index (χ0) is 16.2. The number of amides is 1. The van der Waals surface area contributed by atoms with Gasteiger partial charge in [-0.2, -0.15) is 0 Å². The van der Waals surface area contributed by atoms with Crippen LogP contribution in [0.2, 0.25) is 0 Å². The average Bonchev–Trinajstić information content (AvgIpc) is 3.16. The van der Waals surface area contributed by atoms with Crippen molar-refractivity contribution >= 4 is 17.2 Å². The van der Waals surface area contributed by atoms with Gasteiger partial charge >= 0.3 is 0 Å². The second-order valence-corrected chi connectivity index (χ2v) is 6.66. The van der Waals surface area contributed by atoms with E-state index >= 15 is 0 Å². The van der Waals surface area contributed by atoms with Gasteiger partial charge in [-0.1, -0.05) is 0 Å². The monoisotopic (exact) mass is 333 g/mol. The Kier molecular flexibility index (Phi) is 5.09. The third-order valence-corrected chi connectivity index (χ3v) is 4.97. The highest BCUT2D eigenvalue weighted by molar-refractivity contribution is 7.12. The number of hydrogen-bond acceptors (Lipinski definition) is 5. The zero-order valence-electron chi connectivity index (χ0n) is 13.6. The number of aryl methyl sites for hydroxylation is 1. The minimum atomic E-state index is -0.00367.